The Morgan fingerprint density at radius 2 is 2.38 bits per heavy atom. The fraction of sp³-hybridized carbons (Fsp3) is 0.364. The van der Waals surface area contributed by atoms with E-state index in [1.165, 1.54) is 17.7 Å². The minimum atomic E-state index is 1.08. The molecule has 1 aromatic rings. The maximum Gasteiger partial charge on any atom is 0.0663 e. The highest BCUT2D eigenvalue weighted by Gasteiger charge is 1.91. The summed E-state index contributed by atoms with van der Waals surface area (Å²) in [6.07, 6.45) is 5.13. The van der Waals surface area contributed by atoms with E-state index in [0.717, 1.165) is 5.69 Å². The van der Waals surface area contributed by atoms with Crippen molar-refractivity contribution in [3.63, 3.8) is 0 Å². The SMILES string of the molecule is CCCS/C=C/c1ncccc1C. The van der Waals surface area contributed by atoms with Crippen LogP contribution in [0.4, 0.5) is 0 Å². The standard InChI is InChI=1S/C11H15NS/c1-3-8-13-9-6-11-10(2)5-4-7-12-11/h4-7,9H,3,8H2,1-2H3/b9-6+. The Labute approximate surface area is 84.3 Å². The third-order valence-electron chi connectivity index (χ3n) is 1.69. The molecule has 0 unspecified atom stereocenters. The van der Waals surface area contributed by atoms with Crippen molar-refractivity contribution in [2.45, 2.75) is 20.3 Å². The van der Waals surface area contributed by atoms with Crippen molar-refractivity contribution in [1.29, 1.82) is 0 Å². The first-order valence-corrected chi connectivity index (χ1v) is 5.59. The van der Waals surface area contributed by atoms with Crippen molar-refractivity contribution in [3.05, 3.63) is 35.0 Å². The molecule has 0 radical (unpaired) electrons. The Balaban J connectivity index is 2.53. The molecular weight excluding hydrogens is 178 g/mol. The van der Waals surface area contributed by atoms with Gasteiger partial charge in [0.05, 0.1) is 5.69 Å². The van der Waals surface area contributed by atoms with Gasteiger partial charge in [0.1, 0.15) is 0 Å². The van der Waals surface area contributed by atoms with Crippen molar-refractivity contribution in [2.24, 2.45) is 0 Å². The van der Waals surface area contributed by atoms with Gasteiger partial charge in [0.15, 0.2) is 0 Å². The zero-order valence-electron chi connectivity index (χ0n) is 8.16. The number of thioether (sulfide) groups is 1. The molecular formula is C11H15NS. The Morgan fingerprint density at radius 3 is 3.08 bits per heavy atom. The summed E-state index contributed by atoms with van der Waals surface area (Å²) in [5, 5.41) is 2.12. The van der Waals surface area contributed by atoms with E-state index in [-0.39, 0.29) is 0 Å². The van der Waals surface area contributed by atoms with Crippen LogP contribution in [0.1, 0.15) is 24.6 Å². The van der Waals surface area contributed by atoms with Gasteiger partial charge in [-0.3, -0.25) is 4.98 Å². The van der Waals surface area contributed by atoms with Crippen LogP contribution < -0.4 is 0 Å². The smallest absolute Gasteiger partial charge is 0.0663 e. The molecule has 0 aliphatic rings. The number of hydrogen-bond acceptors (Lipinski definition) is 2. The minimum absolute atomic E-state index is 1.08. The number of nitrogens with zero attached hydrogens (tertiary/aromatic N) is 1. The number of aryl methyl sites for hydroxylation is 1. The molecule has 70 valence electrons. The largest absolute Gasteiger partial charge is 0.257 e. The van der Waals surface area contributed by atoms with Gasteiger partial charge in [-0.1, -0.05) is 13.0 Å². The lowest BCUT2D eigenvalue weighted by Crippen LogP contribution is -1.83. The lowest BCUT2D eigenvalue weighted by Gasteiger charge is -1.96. The molecule has 0 bridgehead atoms. The lowest BCUT2D eigenvalue weighted by molar-refractivity contribution is 1.11. The number of aromatic nitrogens is 1. The molecule has 1 nitrogen and oxygen atoms in total. The van der Waals surface area contributed by atoms with Gasteiger partial charge < -0.3 is 0 Å². The molecule has 0 N–H and O–H groups in total. The van der Waals surface area contributed by atoms with Crippen molar-refractivity contribution in [2.75, 3.05) is 5.75 Å². The van der Waals surface area contributed by atoms with Gasteiger partial charge in [0, 0.05) is 6.20 Å². The van der Waals surface area contributed by atoms with Crippen LogP contribution in [0.3, 0.4) is 0 Å². The van der Waals surface area contributed by atoms with E-state index in [1.807, 2.05) is 24.0 Å². The summed E-state index contributed by atoms with van der Waals surface area (Å²) in [7, 11) is 0. The Hall–Kier alpha value is -0.760. The summed E-state index contributed by atoms with van der Waals surface area (Å²) in [5.41, 5.74) is 2.31. The molecule has 1 heterocycles. The van der Waals surface area contributed by atoms with Crippen LogP contribution in [-0.2, 0) is 0 Å². The highest BCUT2D eigenvalue weighted by Crippen LogP contribution is 2.10. The minimum Gasteiger partial charge on any atom is -0.257 e. The summed E-state index contributed by atoms with van der Waals surface area (Å²) < 4.78 is 0. The van der Waals surface area contributed by atoms with E-state index in [9.17, 15) is 0 Å². The van der Waals surface area contributed by atoms with Crippen LogP contribution in [0.15, 0.2) is 23.7 Å². The first kappa shape index (κ1) is 10.3. The average Bonchev–Trinajstić information content (AvgIpc) is 2.15. The predicted octanol–water partition coefficient (Wildman–Crippen LogP) is 3.50. The fourth-order valence-corrected chi connectivity index (χ4v) is 1.57. The second-order valence-electron chi connectivity index (χ2n) is 2.88. The van der Waals surface area contributed by atoms with E-state index >= 15 is 0 Å². The molecule has 0 atom stereocenters. The van der Waals surface area contributed by atoms with Crippen molar-refractivity contribution in [1.82, 2.24) is 4.98 Å². The molecule has 13 heavy (non-hydrogen) atoms. The van der Waals surface area contributed by atoms with Gasteiger partial charge in [0.2, 0.25) is 0 Å². The van der Waals surface area contributed by atoms with E-state index in [0.29, 0.717) is 0 Å². The summed E-state index contributed by atoms with van der Waals surface area (Å²) in [5.74, 6) is 1.18. The lowest BCUT2D eigenvalue weighted by atomic mass is 10.2. The predicted molar refractivity (Wildman–Crippen MR) is 60.8 cm³/mol. The van der Waals surface area contributed by atoms with Crippen LogP contribution in [0, 0.1) is 6.92 Å². The third-order valence-corrected chi connectivity index (χ3v) is 2.67. The second kappa shape index (κ2) is 5.81. The van der Waals surface area contributed by atoms with Gasteiger partial charge in [0.25, 0.3) is 0 Å². The Bertz CT molecular complexity index is 281. The first-order valence-electron chi connectivity index (χ1n) is 4.54. The molecule has 0 aliphatic heterocycles. The molecule has 0 aliphatic carbocycles. The molecule has 0 amide bonds. The topological polar surface area (TPSA) is 12.9 Å². The molecule has 0 saturated heterocycles. The molecule has 0 fully saturated rings. The maximum absolute atomic E-state index is 4.28. The zero-order valence-corrected chi connectivity index (χ0v) is 8.97. The quantitative estimate of drug-likeness (QED) is 0.679. The average molecular weight is 193 g/mol. The van der Waals surface area contributed by atoms with Crippen LogP contribution in [-0.4, -0.2) is 10.7 Å². The van der Waals surface area contributed by atoms with Crippen molar-refractivity contribution >= 4 is 17.8 Å². The Morgan fingerprint density at radius 1 is 1.54 bits per heavy atom. The fourth-order valence-electron chi connectivity index (χ4n) is 0.971. The van der Waals surface area contributed by atoms with Crippen molar-refractivity contribution in [3.8, 4) is 0 Å². The van der Waals surface area contributed by atoms with E-state index < -0.39 is 0 Å². The maximum atomic E-state index is 4.28. The summed E-state index contributed by atoms with van der Waals surface area (Å²) in [6, 6.07) is 4.04. The van der Waals surface area contributed by atoms with Gasteiger partial charge in [-0.2, -0.15) is 0 Å². The van der Waals surface area contributed by atoms with Crippen LogP contribution in [0.5, 0.6) is 0 Å². The van der Waals surface area contributed by atoms with Gasteiger partial charge in [-0.05, 0) is 42.2 Å². The molecule has 2 heteroatoms. The number of rotatable bonds is 4. The van der Waals surface area contributed by atoms with Gasteiger partial charge in [-0.25, -0.2) is 0 Å². The second-order valence-corrected chi connectivity index (χ2v) is 3.89. The van der Waals surface area contributed by atoms with E-state index in [1.54, 1.807) is 0 Å². The highest BCUT2D eigenvalue weighted by atomic mass is 32.2. The summed E-state index contributed by atoms with van der Waals surface area (Å²) in [6.45, 7) is 4.27. The monoisotopic (exact) mass is 193 g/mol. The Kier molecular flexibility index (Phi) is 4.61. The molecule has 0 spiro atoms. The van der Waals surface area contributed by atoms with Gasteiger partial charge >= 0.3 is 0 Å². The number of hydrogen-bond donors (Lipinski definition) is 0. The van der Waals surface area contributed by atoms with Crippen LogP contribution in [0.25, 0.3) is 6.08 Å². The van der Waals surface area contributed by atoms with Crippen molar-refractivity contribution < 1.29 is 0 Å². The van der Waals surface area contributed by atoms with Crippen LogP contribution in [0.2, 0.25) is 0 Å². The molecule has 1 aromatic heterocycles. The van der Waals surface area contributed by atoms with Gasteiger partial charge in [-0.15, -0.1) is 11.8 Å². The number of pyridine rings is 1. The summed E-state index contributed by atoms with van der Waals surface area (Å²) >= 11 is 1.84. The summed E-state index contributed by atoms with van der Waals surface area (Å²) in [4.78, 5) is 4.28. The first-order chi connectivity index (χ1) is 6.34. The third kappa shape index (κ3) is 3.64. The molecule has 1 rings (SSSR count). The van der Waals surface area contributed by atoms with E-state index in [4.69, 9.17) is 0 Å². The normalized spacial score (nSPS) is 10.9. The molecule has 0 saturated carbocycles. The molecule has 0 aromatic carbocycles. The zero-order chi connectivity index (χ0) is 9.52. The highest BCUT2D eigenvalue weighted by molar-refractivity contribution is 8.02. The van der Waals surface area contributed by atoms with E-state index in [2.05, 4.69) is 36.4 Å². The van der Waals surface area contributed by atoms with Crippen LogP contribution >= 0.6 is 11.8 Å².